The Bertz CT molecular complexity index is 644. The first-order chi connectivity index (χ1) is 12.2. The zero-order valence-corrected chi connectivity index (χ0v) is 14.8. The number of carbonyl (C=O) groups is 4. The van der Waals surface area contributed by atoms with Crippen molar-refractivity contribution in [3.63, 3.8) is 0 Å². The molecule has 8 nitrogen and oxygen atoms in total. The van der Waals surface area contributed by atoms with Gasteiger partial charge in [0.15, 0.2) is 0 Å². The van der Waals surface area contributed by atoms with Gasteiger partial charge in [0.1, 0.15) is 12.1 Å². The third-order valence-corrected chi connectivity index (χ3v) is 3.56. The van der Waals surface area contributed by atoms with Crippen molar-refractivity contribution in [3.8, 4) is 0 Å². The summed E-state index contributed by atoms with van der Waals surface area (Å²) in [6, 6.07) is 6.48. The molecule has 0 fully saturated rings. The SMILES string of the molecule is CC(C)C[C@H](NC(=O)Cc1ccccc1)C(=O)N[C@@H](CC(=O)O)C(=O)O. The average molecular weight is 364 g/mol. The number of hydrogen-bond donors (Lipinski definition) is 4. The van der Waals surface area contributed by atoms with Gasteiger partial charge in [0, 0.05) is 0 Å². The first-order valence-electron chi connectivity index (χ1n) is 8.27. The Hall–Kier alpha value is -2.90. The van der Waals surface area contributed by atoms with E-state index in [0.29, 0.717) is 6.42 Å². The topological polar surface area (TPSA) is 133 Å². The van der Waals surface area contributed by atoms with Crippen LogP contribution >= 0.6 is 0 Å². The fourth-order valence-electron chi connectivity index (χ4n) is 2.38. The minimum absolute atomic E-state index is 0.0607. The maximum Gasteiger partial charge on any atom is 0.326 e. The van der Waals surface area contributed by atoms with Crippen molar-refractivity contribution >= 4 is 23.8 Å². The highest BCUT2D eigenvalue weighted by Gasteiger charge is 2.28. The first kappa shape index (κ1) is 21.1. The molecule has 1 aromatic rings. The number of nitrogens with one attached hydrogen (secondary N) is 2. The third-order valence-electron chi connectivity index (χ3n) is 3.56. The quantitative estimate of drug-likeness (QED) is 0.485. The Labute approximate surface area is 151 Å². The molecule has 0 aliphatic heterocycles. The van der Waals surface area contributed by atoms with Crippen molar-refractivity contribution in [1.82, 2.24) is 10.6 Å². The predicted molar refractivity (Wildman–Crippen MR) is 93.4 cm³/mol. The Balaban J connectivity index is 2.77. The molecule has 0 unspecified atom stereocenters. The van der Waals surface area contributed by atoms with Crippen LogP contribution in [-0.2, 0) is 25.6 Å². The molecule has 0 bridgehead atoms. The highest BCUT2D eigenvalue weighted by atomic mass is 16.4. The normalized spacial score (nSPS) is 12.9. The molecule has 0 aliphatic rings. The van der Waals surface area contributed by atoms with Crippen molar-refractivity contribution in [2.45, 2.75) is 45.2 Å². The Morgan fingerprint density at radius 1 is 0.962 bits per heavy atom. The molecule has 0 saturated heterocycles. The summed E-state index contributed by atoms with van der Waals surface area (Å²) >= 11 is 0. The van der Waals surface area contributed by atoms with Gasteiger partial charge in [0.25, 0.3) is 0 Å². The summed E-state index contributed by atoms with van der Waals surface area (Å²) in [4.78, 5) is 46.4. The van der Waals surface area contributed by atoms with E-state index in [1.807, 2.05) is 19.9 Å². The van der Waals surface area contributed by atoms with Crippen LogP contribution in [0.1, 0.15) is 32.3 Å². The van der Waals surface area contributed by atoms with E-state index >= 15 is 0 Å². The third kappa shape index (κ3) is 7.78. The van der Waals surface area contributed by atoms with E-state index in [-0.39, 0.29) is 18.2 Å². The van der Waals surface area contributed by atoms with E-state index in [1.165, 1.54) is 0 Å². The van der Waals surface area contributed by atoms with Gasteiger partial charge in [-0.15, -0.1) is 0 Å². The van der Waals surface area contributed by atoms with Gasteiger partial charge in [-0.3, -0.25) is 14.4 Å². The number of carboxylic acid groups (broad SMARTS) is 2. The lowest BCUT2D eigenvalue weighted by Crippen LogP contribution is -2.52. The van der Waals surface area contributed by atoms with Gasteiger partial charge in [-0.1, -0.05) is 44.2 Å². The molecule has 0 saturated carbocycles. The monoisotopic (exact) mass is 364 g/mol. The van der Waals surface area contributed by atoms with Gasteiger partial charge in [-0.2, -0.15) is 0 Å². The minimum Gasteiger partial charge on any atom is -0.481 e. The largest absolute Gasteiger partial charge is 0.481 e. The zero-order chi connectivity index (χ0) is 19.7. The van der Waals surface area contributed by atoms with Gasteiger partial charge in [0.2, 0.25) is 11.8 Å². The molecular weight excluding hydrogens is 340 g/mol. The van der Waals surface area contributed by atoms with Crippen LogP contribution < -0.4 is 10.6 Å². The van der Waals surface area contributed by atoms with Crippen LogP contribution in [0.4, 0.5) is 0 Å². The van der Waals surface area contributed by atoms with Crippen molar-refractivity contribution in [2.75, 3.05) is 0 Å². The fraction of sp³-hybridized carbons (Fsp3) is 0.444. The van der Waals surface area contributed by atoms with Crippen LogP contribution in [0.5, 0.6) is 0 Å². The van der Waals surface area contributed by atoms with Crippen LogP contribution in [0.2, 0.25) is 0 Å². The summed E-state index contributed by atoms with van der Waals surface area (Å²) in [5.41, 5.74) is 0.781. The van der Waals surface area contributed by atoms with Crippen LogP contribution in [0.25, 0.3) is 0 Å². The van der Waals surface area contributed by atoms with Gasteiger partial charge in [0.05, 0.1) is 12.8 Å². The number of rotatable bonds is 10. The zero-order valence-electron chi connectivity index (χ0n) is 14.8. The van der Waals surface area contributed by atoms with Crippen LogP contribution in [0, 0.1) is 5.92 Å². The highest BCUT2D eigenvalue weighted by molar-refractivity contribution is 5.92. The molecule has 0 spiro atoms. The smallest absolute Gasteiger partial charge is 0.326 e. The summed E-state index contributed by atoms with van der Waals surface area (Å²) in [5, 5.41) is 22.6. The van der Waals surface area contributed by atoms with Gasteiger partial charge in [-0.05, 0) is 17.9 Å². The summed E-state index contributed by atoms with van der Waals surface area (Å²) in [5.74, 6) is -3.81. The van der Waals surface area contributed by atoms with Gasteiger partial charge in [-0.25, -0.2) is 4.79 Å². The average Bonchev–Trinajstić information content (AvgIpc) is 2.53. The molecule has 0 heterocycles. The maximum atomic E-state index is 12.4. The lowest BCUT2D eigenvalue weighted by Gasteiger charge is -2.22. The first-order valence-corrected chi connectivity index (χ1v) is 8.27. The summed E-state index contributed by atoms with van der Waals surface area (Å²) in [6.45, 7) is 3.71. The molecule has 4 N–H and O–H groups in total. The molecule has 1 aromatic carbocycles. The van der Waals surface area contributed by atoms with Crippen LogP contribution in [0.15, 0.2) is 30.3 Å². The summed E-state index contributed by atoms with van der Waals surface area (Å²) < 4.78 is 0. The van der Waals surface area contributed by atoms with E-state index in [0.717, 1.165) is 5.56 Å². The number of aliphatic carboxylic acids is 2. The van der Waals surface area contributed by atoms with Crippen molar-refractivity contribution < 1.29 is 29.4 Å². The van der Waals surface area contributed by atoms with E-state index in [2.05, 4.69) is 10.6 Å². The van der Waals surface area contributed by atoms with E-state index in [4.69, 9.17) is 10.2 Å². The van der Waals surface area contributed by atoms with Crippen LogP contribution in [-0.4, -0.2) is 46.0 Å². The number of carboxylic acids is 2. The minimum atomic E-state index is -1.55. The fourth-order valence-corrected chi connectivity index (χ4v) is 2.38. The Morgan fingerprint density at radius 2 is 1.58 bits per heavy atom. The molecule has 0 aromatic heterocycles. The second-order valence-electron chi connectivity index (χ2n) is 6.41. The molecule has 26 heavy (non-hydrogen) atoms. The highest BCUT2D eigenvalue weighted by Crippen LogP contribution is 2.07. The standard InChI is InChI=1S/C18H24N2O6/c1-11(2)8-13(17(24)20-14(18(25)26)10-16(22)23)19-15(21)9-12-6-4-3-5-7-12/h3-7,11,13-14H,8-10H2,1-2H3,(H,19,21)(H,20,24)(H,22,23)(H,25,26)/t13-,14-/m0/s1. The molecule has 8 heteroatoms. The van der Waals surface area contributed by atoms with E-state index in [9.17, 15) is 19.2 Å². The summed E-state index contributed by atoms with van der Waals surface area (Å²) in [6.07, 6.45) is -0.362. The summed E-state index contributed by atoms with van der Waals surface area (Å²) in [7, 11) is 0. The predicted octanol–water partition coefficient (Wildman–Crippen LogP) is 0.804. The second-order valence-corrected chi connectivity index (χ2v) is 6.41. The van der Waals surface area contributed by atoms with Gasteiger partial charge < -0.3 is 20.8 Å². The van der Waals surface area contributed by atoms with E-state index in [1.54, 1.807) is 24.3 Å². The molecular formula is C18H24N2O6. The maximum absolute atomic E-state index is 12.4. The lowest BCUT2D eigenvalue weighted by atomic mass is 10.0. The molecule has 2 amide bonds. The molecule has 0 aliphatic carbocycles. The lowest BCUT2D eigenvalue weighted by molar-refractivity contribution is -0.147. The number of benzene rings is 1. The Kier molecular flexibility index (Phi) is 8.27. The Morgan fingerprint density at radius 3 is 2.08 bits per heavy atom. The van der Waals surface area contributed by atoms with Crippen LogP contribution in [0.3, 0.4) is 0 Å². The molecule has 142 valence electrons. The number of carbonyl (C=O) groups excluding carboxylic acids is 2. The second kappa shape index (κ2) is 10.2. The molecule has 1 rings (SSSR count). The van der Waals surface area contributed by atoms with Crippen molar-refractivity contribution in [2.24, 2.45) is 5.92 Å². The van der Waals surface area contributed by atoms with Crippen molar-refractivity contribution in [3.05, 3.63) is 35.9 Å². The number of hydrogen-bond acceptors (Lipinski definition) is 4. The van der Waals surface area contributed by atoms with E-state index < -0.39 is 36.4 Å². The number of amides is 2. The van der Waals surface area contributed by atoms with Crippen molar-refractivity contribution in [1.29, 1.82) is 0 Å². The molecule has 2 atom stereocenters. The van der Waals surface area contributed by atoms with Gasteiger partial charge >= 0.3 is 11.9 Å². The molecule has 0 radical (unpaired) electrons.